The molecule has 0 bridgehead atoms. The third-order valence-electron chi connectivity index (χ3n) is 3.66. The highest BCUT2D eigenvalue weighted by Gasteiger charge is 2.20. The molecule has 1 aliphatic carbocycles. The topological polar surface area (TPSA) is 54.0 Å². The van der Waals surface area contributed by atoms with Gasteiger partial charge in [0.1, 0.15) is 0 Å². The van der Waals surface area contributed by atoms with Crippen LogP contribution in [0.1, 0.15) is 42.7 Å². The van der Waals surface area contributed by atoms with E-state index in [1.54, 1.807) is 11.3 Å². The average molecular weight is 265 g/mol. The molecule has 1 fully saturated rings. The number of aromatic nitrogens is 1. The minimum Gasteiger partial charge on any atom is -0.358 e. The van der Waals surface area contributed by atoms with Gasteiger partial charge in [0.15, 0.2) is 5.13 Å². The van der Waals surface area contributed by atoms with Crippen LogP contribution >= 0.6 is 11.3 Å². The van der Waals surface area contributed by atoms with Crippen molar-refractivity contribution >= 4 is 22.4 Å². The van der Waals surface area contributed by atoms with Crippen molar-refractivity contribution in [2.75, 3.05) is 11.9 Å². The number of anilines is 1. The van der Waals surface area contributed by atoms with E-state index in [1.807, 2.05) is 0 Å². The maximum atomic E-state index is 11.5. The molecule has 0 spiro atoms. The van der Waals surface area contributed by atoms with Crippen LogP contribution in [0.5, 0.6) is 0 Å². The first-order chi connectivity index (χ1) is 8.81. The van der Waals surface area contributed by atoms with Crippen molar-refractivity contribution in [2.45, 2.75) is 51.0 Å². The van der Waals surface area contributed by atoms with Crippen LogP contribution < -0.4 is 10.6 Å². The van der Waals surface area contributed by atoms with Gasteiger partial charge >= 0.3 is 0 Å². The Morgan fingerprint density at radius 2 is 2.17 bits per heavy atom. The van der Waals surface area contributed by atoms with Gasteiger partial charge in [-0.05, 0) is 38.5 Å². The highest BCUT2D eigenvalue weighted by Crippen LogP contribution is 2.30. The van der Waals surface area contributed by atoms with Crippen molar-refractivity contribution in [1.82, 2.24) is 10.3 Å². The molecule has 0 radical (unpaired) electrons. The van der Waals surface area contributed by atoms with E-state index < -0.39 is 0 Å². The molecule has 1 atom stereocenters. The molecule has 1 aromatic rings. The van der Waals surface area contributed by atoms with Crippen LogP contribution in [0.3, 0.4) is 0 Å². The summed E-state index contributed by atoms with van der Waals surface area (Å²) in [6, 6.07) is 0.250. The van der Waals surface area contributed by atoms with Gasteiger partial charge < -0.3 is 10.6 Å². The first-order valence-corrected chi connectivity index (χ1v) is 7.65. The maximum Gasteiger partial charge on any atom is 0.222 e. The molecule has 0 saturated carbocycles. The second-order valence-corrected chi connectivity index (χ2v) is 6.22. The number of amides is 1. The Morgan fingerprint density at radius 1 is 1.28 bits per heavy atom. The van der Waals surface area contributed by atoms with Crippen molar-refractivity contribution in [3.05, 3.63) is 10.6 Å². The number of nitrogens with one attached hydrogen (secondary N) is 2. The minimum absolute atomic E-state index is 0.159. The Kier molecular flexibility index (Phi) is 3.50. The van der Waals surface area contributed by atoms with E-state index in [1.165, 1.54) is 29.8 Å². The van der Waals surface area contributed by atoms with Crippen LogP contribution in [-0.4, -0.2) is 23.5 Å². The van der Waals surface area contributed by atoms with E-state index in [-0.39, 0.29) is 11.9 Å². The van der Waals surface area contributed by atoms with E-state index in [0.29, 0.717) is 6.42 Å². The monoisotopic (exact) mass is 265 g/mol. The largest absolute Gasteiger partial charge is 0.358 e. The molecule has 1 amide bonds. The van der Waals surface area contributed by atoms with Crippen LogP contribution in [0, 0.1) is 0 Å². The molecule has 3 rings (SSSR count). The molecular formula is C13H19N3OS. The predicted molar refractivity (Wildman–Crippen MR) is 73.0 cm³/mol. The molecule has 5 heteroatoms. The second kappa shape index (κ2) is 5.26. The van der Waals surface area contributed by atoms with Gasteiger partial charge in [-0.3, -0.25) is 4.79 Å². The van der Waals surface area contributed by atoms with Gasteiger partial charge in [-0.25, -0.2) is 4.98 Å². The highest BCUT2D eigenvalue weighted by atomic mass is 32.1. The maximum absolute atomic E-state index is 11.5. The number of hydrogen-bond acceptors (Lipinski definition) is 4. The summed E-state index contributed by atoms with van der Waals surface area (Å²) < 4.78 is 0. The van der Waals surface area contributed by atoms with Crippen LogP contribution in [-0.2, 0) is 17.6 Å². The lowest BCUT2D eigenvalue weighted by Gasteiger charge is -2.13. The fraction of sp³-hybridized carbons (Fsp3) is 0.692. The van der Waals surface area contributed by atoms with Crippen LogP contribution in [0.25, 0.3) is 0 Å². The van der Waals surface area contributed by atoms with E-state index in [2.05, 4.69) is 15.6 Å². The third-order valence-corrected chi connectivity index (χ3v) is 4.75. The van der Waals surface area contributed by atoms with Gasteiger partial charge in [-0.1, -0.05) is 0 Å². The van der Waals surface area contributed by atoms with Gasteiger partial charge in [0.2, 0.25) is 5.91 Å². The summed E-state index contributed by atoms with van der Waals surface area (Å²) in [6.07, 6.45) is 7.53. The molecule has 98 valence electrons. The van der Waals surface area contributed by atoms with Gasteiger partial charge in [0.05, 0.1) is 5.69 Å². The van der Waals surface area contributed by atoms with Crippen molar-refractivity contribution in [2.24, 2.45) is 0 Å². The molecule has 0 aromatic carbocycles. The number of aryl methyl sites for hydroxylation is 2. The zero-order chi connectivity index (χ0) is 12.4. The van der Waals surface area contributed by atoms with Crippen LogP contribution in [0.2, 0.25) is 0 Å². The van der Waals surface area contributed by atoms with E-state index in [0.717, 1.165) is 30.9 Å². The summed E-state index contributed by atoms with van der Waals surface area (Å²) in [6.45, 7) is 0.811. The Hall–Kier alpha value is -1.10. The number of thiazole rings is 1. The summed E-state index contributed by atoms with van der Waals surface area (Å²) in [4.78, 5) is 17.6. The lowest BCUT2D eigenvalue weighted by molar-refractivity contribution is -0.120. The molecule has 1 saturated heterocycles. The van der Waals surface area contributed by atoms with Crippen molar-refractivity contribution in [1.29, 1.82) is 0 Å². The summed E-state index contributed by atoms with van der Waals surface area (Å²) in [5, 5.41) is 7.38. The van der Waals surface area contributed by atoms with Gasteiger partial charge in [-0.2, -0.15) is 0 Å². The molecule has 1 aliphatic heterocycles. The Labute approximate surface area is 111 Å². The van der Waals surface area contributed by atoms with Gasteiger partial charge in [-0.15, -0.1) is 11.3 Å². The number of fused-ring (bicyclic) bond motifs is 1. The third kappa shape index (κ3) is 2.66. The molecule has 4 nitrogen and oxygen atoms in total. The Balaban J connectivity index is 1.67. The number of hydrogen-bond donors (Lipinski definition) is 2. The number of carbonyl (C=O) groups excluding carboxylic acids is 1. The molecule has 2 N–H and O–H groups in total. The number of nitrogens with zero attached hydrogens (tertiary/aromatic N) is 1. The fourth-order valence-corrected chi connectivity index (χ4v) is 3.81. The van der Waals surface area contributed by atoms with Crippen molar-refractivity contribution in [3.63, 3.8) is 0 Å². The van der Waals surface area contributed by atoms with Gasteiger partial charge in [0.25, 0.3) is 0 Å². The second-order valence-electron chi connectivity index (χ2n) is 5.13. The molecule has 2 aliphatic rings. The summed E-state index contributed by atoms with van der Waals surface area (Å²) in [5.74, 6) is 0.159. The SMILES string of the molecule is O=C1CC(Nc2nc3c(s2)CCCC3)CCCN1. The van der Waals surface area contributed by atoms with E-state index >= 15 is 0 Å². The molecule has 2 heterocycles. The first kappa shape index (κ1) is 12.0. The lowest BCUT2D eigenvalue weighted by Crippen LogP contribution is -2.26. The zero-order valence-corrected chi connectivity index (χ0v) is 11.3. The average Bonchev–Trinajstić information content (AvgIpc) is 2.65. The summed E-state index contributed by atoms with van der Waals surface area (Å²) in [5.41, 5.74) is 1.28. The standard InChI is InChI=1S/C13H19N3OS/c17-12-8-9(4-3-7-14-12)15-13-16-10-5-1-2-6-11(10)18-13/h9H,1-8H2,(H,14,17)(H,15,16). The predicted octanol–water partition coefficient (Wildman–Crippen LogP) is 2.10. The Bertz CT molecular complexity index is 420. The molecular weight excluding hydrogens is 246 g/mol. The fourth-order valence-electron chi connectivity index (χ4n) is 2.69. The first-order valence-electron chi connectivity index (χ1n) is 6.83. The van der Waals surface area contributed by atoms with E-state index in [4.69, 9.17) is 0 Å². The van der Waals surface area contributed by atoms with E-state index in [9.17, 15) is 4.79 Å². The van der Waals surface area contributed by atoms with Crippen LogP contribution in [0.4, 0.5) is 5.13 Å². The number of carbonyl (C=O) groups is 1. The lowest BCUT2D eigenvalue weighted by atomic mass is 10.0. The Morgan fingerprint density at radius 3 is 3.06 bits per heavy atom. The normalized spacial score (nSPS) is 24.0. The number of rotatable bonds is 2. The minimum atomic E-state index is 0.159. The molecule has 1 aromatic heterocycles. The smallest absolute Gasteiger partial charge is 0.222 e. The van der Waals surface area contributed by atoms with Crippen molar-refractivity contribution < 1.29 is 4.79 Å². The van der Waals surface area contributed by atoms with Crippen molar-refractivity contribution in [3.8, 4) is 0 Å². The molecule has 18 heavy (non-hydrogen) atoms. The molecule has 1 unspecified atom stereocenters. The highest BCUT2D eigenvalue weighted by molar-refractivity contribution is 7.15. The summed E-state index contributed by atoms with van der Waals surface area (Å²) in [7, 11) is 0. The van der Waals surface area contributed by atoms with Gasteiger partial charge in [0, 0.05) is 23.9 Å². The van der Waals surface area contributed by atoms with Crippen LogP contribution in [0.15, 0.2) is 0 Å². The summed E-state index contributed by atoms with van der Waals surface area (Å²) >= 11 is 1.78. The zero-order valence-electron chi connectivity index (χ0n) is 10.5. The quantitative estimate of drug-likeness (QED) is 0.861.